The van der Waals surface area contributed by atoms with Crippen molar-refractivity contribution >= 4 is 44.1 Å². The number of hydrogen-bond donors (Lipinski definition) is 2. The summed E-state index contributed by atoms with van der Waals surface area (Å²) in [7, 11) is -3.91. The summed E-state index contributed by atoms with van der Waals surface area (Å²) in [5.41, 5.74) is 2.50. The van der Waals surface area contributed by atoms with E-state index in [1.165, 1.54) is 17.4 Å². The van der Waals surface area contributed by atoms with E-state index < -0.39 is 15.9 Å². The Bertz CT molecular complexity index is 1340. The second-order valence-electron chi connectivity index (χ2n) is 6.46. The lowest BCUT2D eigenvalue weighted by atomic mass is 10.1. The first kappa shape index (κ1) is 19.2. The second-order valence-corrected chi connectivity index (χ2v) is 8.94. The highest BCUT2D eigenvalue weighted by Gasteiger charge is 2.20. The van der Waals surface area contributed by atoms with Gasteiger partial charge in [0.1, 0.15) is 0 Å². The molecular formula is C19H16N4O4S2. The van der Waals surface area contributed by atoms with Gasteiger partial charge in [0.25, 0.3) is 11.6 Å². The molecule has 8 nitrogen and oxygen atoms in total. The Labute approximate surface area is 170 Å². The van der Waals surface area contributed by atoms with Crippen LogP contribution in [0.1, 0.15) is 21.6 Å². The van der Waals surface area contributed by atoms with E-state index in [4.69, 9.17) is 9.66 Å². The van der Waals surface area contributed by atoms with Gasteiger partial charge in [0.15, 0.2) is 0 Å². The summed E-state index contributed by atoms with van der Waals surface area (Å²) in [5.74, 6) is -0.439. The Morgan fingerprint density at radius 1 is 1.21 bits per heavy atom. The first-order chi connectivity index (χ1) is 13.7. The number of pyridine rings is 1. The maximum Gasteiger partial charge on any atom is 0.259 e. The molecule has 0 aliphatic rings. The fourth-order valence-electron chi connectivity index (χ4n) is 3.01. The fraction of sp³-hybridized carbons (Fsp3) is 0.105. The van der Waals surface area contributed by atoms with Crippen LogP contribution in [-0.4, -0.2) is 24.5 Å². The van der Waals surface area contributed by atoms with E-state index in [1.807, 2.05) is 17.5 Å². The summed E-state index contributed by atoms with van der Waals surface area (Å²) >= 11 is 1.49. The lowest BCUT2D eigenvalue weighted by Crippen LogP contribution is -2.16. The minimum atomic E-state index is -3.91. The minimum absolute atomic E-state index is 0.0457. The van der Waals surface area contributed by atoms with Gasteiger partial charge in [-0.1, -0.05) is 17.3 Å². The van der Waals surface area contributed by atoms with Gasteiger partial charge in [-0.2, -0.15) is 0 Å². The molecule has 29 heavy (non-hydrogen) atoms. The zero-order valence-electron chi connectivity index (χ0n) is 15.5. The molecule has 0 unspecified atom stereocenters. The highest BCUT2D eigenvalue weighted by atomic mass is 32.2. The number of amides is 1. The lowest BCUT2D eigenvalue weighted by molar-refractivity contribution is 0.102. The van der Waals surface area contributed by atoms with Crippen LogP contribution < -0.4 is 10.5 Å². The second kappa shape index (κ2) is 7.07. The van der Waals surface area contributed by atoms with Crippen molar-refractivity contribution in [2.24, 2.45) is 5.14 Å². The van der Waals surface area contributed by atoms with Gasteiger partial charge in [-0.15, -0.1) is 11.3 Å². The Morgan fingerprint density at radius 2 is 2.00 bits per heavy atom. The third kappa shape index (κ3) is 3.65. The molecule has 0 radical (unpaired) electrons. The molecule has 4 rings (SSSR count). The topological polar surface area (TPSA) is 128 Å². The van der Waals surface area contributed by atoms with Gasteiger partial charge in [0, 0.05) is 5.69 Å². The van der Waals surface area contributed by atoms with Gasteiger partial charge < -0.3 is 9.84 Å². The number of anilines is 1. The number of nitrogens with one attached hydrogen (secondary N) is 1. The molecule has 0 atom stereocenters. The van der Waals surface area contributed by atoms with Gasteiger partial charge in [0.2, 0.25) is 10.0 Å². The van der Waals surface area contributed by atoms with E-state index in [-0.39, 0.29) is 10.6 Å². The van der Waals surface area contributed by atoms with Crippen LogP contribution >= 0.6 is 11.3 Å². The molecule has 4 aromatic rings. The zero-order valence-corrected chi connectivity index (χ0v) is 17.1. The number of aryl methyl sites for hydroxylation is 2. The van der Waals surface area contributed by atoms with Crippen molar-refractivity contribution in [3.63, 3.8) is 0 Å². The summed E-state index contributed by atoms with van der Waals surface area (Å²) in [6.45, 7) is 3.35. The van der Waals surface area contributed by atoms with Crippen molar-refractivity contribution in [3.8, 4) is 10.6 Å². The molecule has 10 heteroatoms. The Kier molecular flexibility index (Phi) is 4.69. The predicted molar refractivity (Wildman–Crippen MR) is 110 cm³/mol. The van der Waals surface area contributed by atoms with E-state index in [2.05, 4.69) is 15.5 Å². The quantitative estimate of drug-likeness (QED) is 0.512. The number of fused-ring (bicyclic) bond motifs is 1. The molecule has 1 amide bonds. The number of benzene rings is 1. The highest BCUT2D eigenvalue weighted by molar-refractivity contribution is 7.89. The van der Waals surface area contributed by atoms with Gasteiger partial charge in [-0.25, -0.2) is 18.5 Å². The third-order valence-corrected chi connectivity index (χ3v) is 6.33. The summed E-state index contributed by atoms with van der Waals surface area (Å²) < 4.78 is 28.8. The van der Waals surface area contributed by atoms with Gasteiger partial charge in [-0.05, 0) is 49.1 Å². The number of aromatic nitrogens is 2. The molecule has 3 heterocycles. The summed E-state index contributed by atoms with van der Waals surface area (Å²) in [4.78, 5) is 18.3. The van der Waals surface area contributed by atoms with Crippen molar-refractivity contribution in [2.45, 2.75) is 18.7 Å². The van der Waals surface area contributed by atoms with E-state index in [1.54, 1.807) is 32.0 Å². The number of sulfonamides is 1. The normalized spacial score (nSPS) is 11.7. The van der Waals surface area contributed by atoms with Crippen molar-refractivity contribution in [3.05, 3.63) is 58.6 Å². The molecule has 0 bridgehead atoms. The van der Waals surface area contributed by atoms with Crippen LogP contribution in [0.2, 0.25) is 0 Å². The first-order valence-electron chi connectivity index (χ1n) is 8.50. The lowest BCUT2D eigenvalue weighted by Gasteiger charge is -2.10. The summed E-state index contributed by atoms with van der Waals surface area (Å²) in [5, 5.41) is 14.3. The number of thiophene rings is 1. The molecule has 0 fully saturated rings. The number of rotatable bonds is 4. The van der Waals surface area contributed by atoms with Gasteiger partial charge in [-0.3, -0.25) is 4.79 Å². The van der Waals surface area contributed by atoms with Crippen molar-refractivity contribution in [1.29, 1.82) is 0 Å². The number of nitrogens with two attached hydrogens (primary N) is 1. The first-order valence-corrected chi connectivity index (χ1v) is 10.9. The van der Waals surface area contributed by atoms with E-state index >= 15 is 0 Å². The van der Waals surface area contributed by atoms with Gasteiger partial charge in [0.05, 0.1) is 32.1 Å². The zero-order chi connectivity index (χ0) is 20.8. The Hall–Kier alpha value is -3.08. The van der Waals surface area contributed by atoms with E-state index in [0.29, 0.717) is 33.6 Å². The fourth-order valence-corrected chi connectivity index (χ4v) is 4.50. The number of carbonyl (C=O) groups excluding carboxylic acids is 1. The van der Waals surface area contributed by atoms with Crippen molar-refractivity contribution < 1.29 is 17.7 Å². The molecular weight excluding hydrogens is 412 g/mol. The molecule has 3 aromatic heterocycles. The Balaban J connectivity index is 1.79. The van der Waals surface area contributed by atoms with E-state index in [0.717, 1.165) is 4.88 Å². The molecule has 0 aliphatic carbocycles. The van der Waals surface area contributed by atoms with E-state index in [9.17, 15) is 13.2 Å². The van der Waals surface area contributed by atoms with Crippen LogP contribution in [0.3, 0.4) is 0 Å². The monoisotopic (exact) mass is 428 g/mol. The smallest absolute Gasteiger partial charge is 0.259 e. The number of primary sulfonamides is 1. The maximum atomic E-state index is 13.1. The van der Waals surface area contributed by atoms with Crippen LogP contribution in [-0.2, 0) is 10.0 Å². The average molecular weight is 428 g/mol. The van der Waals surface area contributed by atoms with Crippen LogP contribution in [0.5, 0.6) is 0 Å². The standard InChI is InChI=1S/C19H16N4O4S2/c1-10-5-6-12(8-16(10)29(20,25)26)21-18(24)13-9-14(15-4-3-7-28-15)22-19-17(13)11(2)23-27-19/h3-9H,1-2H3,(H,21,24)(H2,20,25,26). The SMILES string of the molecule is Cc1ccc(NC(=O)c2cc(-c3cccs3)nc3onc(C)c23)cc1S(N)(=O)=O. The number of carbonyl (C=O) groups is 1. The van der Waals surface area contributed by atoms with Crippen molar-refractivity contribution in [1.82, 2.24) is 10.1 Å². The Morgan fingerprint density at radius 3 is 2.69 bits per heavy atom. The van der Waals surface area contributed by atoms with Crippen LogP contribution in [0.15, 0.2) is 51.2 Å². The molecule has 3 N–H and O–H groups in total. The van der Waals surface area contributed by atoms with Gasteiger partial charge >= 0.3 is 0 Å². The molecule has 1 aromatic carbocycles. The molecule has 0 saturated carbocycles. The third-order valence-electron chi connectivity index (χ3n) is 4.39. The minimum Gasteiger partial charge on any atom is -0.335 e. The highest BCUT2D eigenvalue weighted by Crippen LogP contribution is 2.30. The van der Waals surface area contributed by atoms with Crippen LogP contribution in [0, 0.1) is 13.8 Å². The summed E-state index contributed by atoms with van der Waals surface area (Å²) in [6, 6.07) is 9.98. The molecule has 0 saturated heterocycles. The molecule has 148 valence electrons. The number of hydrogen-bond acceptors (Lipinski definition) is 7. The average Bonchev–Trinajstić information content (AvgIpc) is 3.32. The largest absolute Gasteiger partial charge is 0.335 e. The summed E-state index contributed by atoms with van der Waals surface area (Å²) in [6.07, 6.45) is 0. The number of nitrogens with zero attached hydrogens (tertiary/aromatic N) is 2. The van der Waals surface area contributed by atoms with Crippen LogP contribution in [0.25, 0.3) is 21.7 Å². The molecule has 0 spiro atoms. The predicted octanol–water partition coefficient (Wildman–Crippen LogP) is 3.47. The van der Waals surface area contributed by atoms with Crippen LogP contribution in [0.4, 0.5) is 5.69 Å². The molecule has 0 aliphatic heterocycles. The maximum absolute atomic E-state index is 13.1. The van der Waals surface area contributed by atoms with Crippen molar-refractivity contribution in [2.75, 3.05) is 5.32 Å².